The lowest BCUT2D eigenvalue weighted by atomic mass is 10.2. The van der Waals surface area contributed by atoms with E-state index >= 15 is 0 Å². The largest absolute Gasteiger partial charge is 0.279 e. The van der Waals surface area contributed by atoms with Crippen LogP contribution >= 0.6 is 34.2 Å². The molecule has 0 aliphatic heterocycles. The monoisotopic (exact) mass is 349 g/mol. The van der Waals surface area contributed by atoms with Crippen LogP contribution in [0.1, 0.15) is 10.4 Å². The van der Waals surface area contributed by atoms with Crippen molar-refractivity contribution in [3.63, 3.8) is 0 Å². The number of nitrogens with zero attached hydrogens (tertiary/aromatic N) is 1. The summed E-state index contributed by atoms with van der Waals surface area (Å²) in [7, 11) is 1.40. The number of hydrogen-bond donors (Lipinski definition) is 0. The van der Waals surface area contributed by atoms with Crippen molar-refractivity contribution in [2.75, 3.05) is 7.11 Å². The number of hydrogen-bond acceptors (Lipinski definition) is 2. The van der Waals surface area contributed by atoms with Gasteiger partial charge >= 0.3 is 0 Å². The van der Waals surface area contributed by atoms with E-state index in [4.69, 9.17) is 22.9 Å². The van der Waals surface area contributed by atoms with Gasteiger partial charge in [0.1, 0.15) is 0 Å². The lowest BCUT2D eigenvalue weighted by Gasteiger charge is -2.21. The summed E-state index contributed by atoms with van der Waals surface area (Å²) in [6.45, 7) is 0. The Hall–Kier alpha value is -0.770. The van der Waals surface area contributed by atoms with Crippen LogP contribution in [0.3, 0.4) is 0 Å². The summed E-state index contributed by atoms with van der Waals surface area (Å²) in [6, 6.07) is 6.52. The summed E-state index contributed by atoms with van der Waals surface area (Å²) in [5, 5.41) is 1.70. The predicted molar refractivity (Wildman–Crippen MR) is 71.3 cm³/mol. The Kier molecular flexibility index (Phi) is 5.06. The van der Waals surface area contributed by atoms with E-state index in [1.807, 2.05) is 22.6 Å². The van der Waals surface area contributed by atoms with Crippen LogP contribution in [0.25, 0.3) is 0 Å². The Morgan fingerprint density at radius 2 is 2.12 bits per heavy atom. The quantitative estimate of drug-likeness (QED) is 0.276. The zero-order chi connectivity index (χ0) is 12.1. The third-order valence-electron chi connectivity index (χ3n) is 1.83. The van der Waals surface area contributed by atoms with Crippen LogP contribution in [0.4, 0.5) is 0 Å². The van der Waals surface area contributed by atoms with Gasteiger partial charge in [-0.15, -0.1) is 6.42 Å². The van der Waals surface area contributed by atoms with Crippen molar-refractivity contribution in [1.82, 2.24) is 5.06 Å². The molecule has 1 rings (SSSR count). The second kappa shape index (κ2) is 6.09. The summed E-state index contributed by atoms with van der Waals surface area (Å²) < 4.78 is -0.453. The Labute approximate surface area is 113 Å². The van der Waals surface area contributed by atoms with Gasteiger partial charge in [0.05, 0.1) is 7.11 Å². The van der Waals surface area contributed by atoms with Crippen LogP contribution in [0.2, 0.25) is 5.02 Å². The number of benzene rings is 1. The van der Waals surface area contributed by atoms with Crippen LogP contribution in [0.5, 0.6) is 0 Å². The molecular formula is C11H9ClINO2. The first-order chi connectivity index (χ1) is 7.60. The van der Waals surface area contributed by atoms with Crippen LogP contribution < -0.4 is 0 Å². The van der Waals surface area contributed by atoms with Crippen LogP contribution in [0, 0.1) is 12.3 Å². The number of amides is 1. The molecule has 0 aliphatic carbocycles. The summed E-state index contributed by atoms with van der Waals surface area (Å²) in [4.78, 5) is 16.9. The maximum absolute atomic E-state index is 11.9. The lowest BCUT2D eigenvalue weighted by molar-refractivity contribution is -0.0898. The second-order valence-electron chi connectivity index (χ2n) is 2.82. The molecule has 0 radical (unpaired) electrons. The number of terminal acetylenes is 1. The van der Waals surface area contributed by atoms with Gasteiger partial charge in [-0.2, -0.15) is 5.06 Å². The van der Waals surface area contributed by atoms with Crippen LogP contribution in [-0.2, 0) is 4.84 Å². The number of hydroxylamine groups is 2. The van der Waals surface area contributed by atoms with Crippen LogP contribution in [-0.4, -0.2) is 22.1 Å². The molecule has 0 bridgehead atoms. The van der Waals surface area contributed by atoms with E-state index in [0.717, 1.165) is 5.06 Å². The molecule has 0 spiro atoms. The molecule has 84 valence electrons. The van der Waals surface area contributed by atoms with Crippen molar-refractivity contribution in [1.29, 1.82) is 0 Å². The lowest BCUT2D eigenvalue weighted by Crippen LogP contribution is -2.35. The first-order valence-corrected chi connectivity index (χ1v) is 5.96. The number of carbonyl (C=O) groups excluding carboxylic acids is 1. The molecule has 1 atom stereocenters. The minimum absolute atomic E-state index is 0.295. The van der Waals surface area contributed by atoms with Gasteiger partial charge in [0.15, 0.2) is 4.05 Å². The highest BCUT2D eigenvalue weighted by atomic mass is 127. The molecule has 0 aliphatic rings. The van der Waals surface area contributed by atoms with E-state index < -0.39 is 4.05 Å². The molecule has 0 N–H and O–H groups in total. The molecule has 0 aromatic heterocycles. The average molecular weight is 350 g/mol. The first-order valence-electron chi connectivity index (χ1n) is 4.33. The highest BCUT2D eigenvalue weighted by molar-refractivity contribution is 14.1. The third kappa shape index (κ3) is 3.11. The molecule has 16 heavy (non-hydrogen) atoms. The molecular weight excluding hydrogens is 340 g/mol. The van der Waals surface area contributed by atoms with Gasteiger partial charge in [0, 0.05) is 10.6 Å². The first kappa shape index (κ1) is 13.3. The fourth-order valence-corrected chi connectivity index (χ4v) is 1.67. The van der Waals surface area contributed by atoms with Gasteiger partial charge in [-0.25, -0.2) is 0 Å². The minimum atomic E-state index is -0.453. The third-order valence-corrected chi connectivity index (χ3v) is 2.95. The standard InChI is InChI=1S/C11H9ClINO2/c1-3-10(13)14(16-2)11(15)8-4-6-9(12)7-5-8/h1,4-7,10H,2H3. The summed E-state index contributed by atoms with van der Waals surface area (Å²) >= 11 is 7.66. The molecule has 0 fully saturated rings. The number of alkyl halides is 1. The fourth-order valence-electron chi connectivity index (χ4n) is 1.07. The van der Waals surface area contributed by atoms with E-state index in [2.05, 4.69) is 5.92 Å². The van der Waals surface area contributed by atoms with Crippen molar-refractivity contribution >= 4 is 40.1 Å². The van der Waals surface area contributed by atoms with Crippen molar-refractivity contribution in [3.8, 4) is 12.3 Å². The Morgan fingerprint density at radius 3 is 2.56 bits per heavy atom. The molecule has 5 heteroatoms. The van der Waals surface area contributed by atoms with E-state index in [1.54, 1.807) is 24.3 Å². The highest BCUT2D eigenvalue weighted by Crippen LogP contribution is 2.15. The second-order valence-corrected chi connectivity index (χ2v) is 4.44. The summed E-state index contributed by atoms with van der Waals surface area (Å²) in [5.74, 6) is 2.12. The van der Waals surface area contributed by atoms with Crippen molar-refractivity contribution in [2.24, 2.45) is 0 Å². The fraction of sp³-hybridized carbons (Fsp3) is 0.182. The van der Waals surface area contributed by atoms with Gasteiger partial charge in [-0.1, -0.05) is 17.5 Å². The van der Waals surface area contributed by atoms with Gasteiger partial charge in [-0.05, 0) is 46.9 Å². The van der Waals surface area contributed by atoms with Crippen molar-refractivity contribution in [3.05, 3.63) is 34.9 Å². The van der Waals surface area contributed by atoms with E-state index in [0.29, 0.717) is 10.6 Å². The van der Waals surface area contributed by atoms with E-state index in [9.17, 15) is 4.79 Å². The maximum atomic E-state index is 11.9. The molecule has 3 nitrogen and oxygen atoms in total. The highest BCUT2D eigenvalue weighted by Gasteiger charge is 2.21. The molecule has 1 unspecified atom stereocenters. The Balaban J connectivity index is 2.92. The van der Waals surface area contributed by atoms with E-state index in [1.165, 1.54) is 7.11 Å². The number of rotatable bonds is 3. The zero-order valence-electron chi connectivity index (χ0n) is 8.48. The molecule has 1 aromatic rings. The molecule has 0 heterocycles. The predicted octanol–water partition coefficient (Wildman–Crippen LogP) is 2.74. The Morgan fingerprint density at radius 1 is 1.56 bits per heavy atom. The normalized spacial score (nSPS) is 11.6. The smallest absolute Gasteiger partial charge is 0.272 e. The SMILES string of the molecule is C#CC(I)N(OC)C(=O)c1ccc(Cl)cc1. The molecule has 0 saturated heterocycles. The molecule has 1 amide bonds. The average Bonchev–Trinajstić information content (AvgIpc) is 2.30. The van der Waals surface area contributed by atoms with Crippen LogP contribution in [0.15, 0.2) is 24.3 Å². The zero-order valence-corrected chi connectivity index (χ0v) is 11.4. The van der Waals surface area contributed by atoms with Crippen molar-refractivity contribution in [2.45, 2.75) is 4.05 Å². The van der Waals surface area contributed by atoms with Gasteiger partial charge in [0.25, 0.3) is 5.91 Å². The van der Waals surface area contributed by atoms with E-state index in [-0.39, 0.29) is 5.91 Å². The number of carbonyl (C=O) groups is 1. The Bertz CT molecular complexity index is 413. The van der Waals surface area contributed by atoms with Gasteiger partial charge in [-0.3, -0.25) is 9.63 Å². The van der Waals surface area contributed by atoms with Crippen molar-refractivity contribution < 1.29 is 9.63 Å². The van der Waals surface area contributed by atoms with Gasteiger partial charge in [0.2, 0.25) is 0 Å². The topological polar surface area (TPSA) is 29.5 Å². The summed E-state index contributed by atoms with van der Waals surface area (Å²) in [6.07, 6.45) is 5.24. The summed E-state index contributed by atoms with van der Waals surface area (Å²) in [5.41, 5.74) is 0.475. The maximum Gasteiger partial charge on any atom is 0.279 e. The minimum Gasteiger partial charge on any atom is -0.272 e. The van der Waals surface area contributed by atoms with Gasteiger partial charge < -0.3 is 0 Å². The molecule has 1 aromatic carbocycles. The number of halogens is 2. The molecule has 0 saturated carbocycles.